The Hall–Kier alpha value is -2.96. The monoisotopic (exact) mass is 526 g/mol. The molecule has 0 aliphatic heterocycles. The predicted molar refractivity (Wildman–Crippen MR) is 126 cm³/mol. The van der Waals surface area contributed by atoms with Gasteiger partial charge in [0, 0.05) is 11.8 Å². The molecular formula is C24H38N4O9. The zero-order valence-corrected chi connectivity index (χ0v) is 20.9. The lowest BCUT2D eigenvalue weighted by molar-refractivity contribution is -0.0994. The Morgan fingerprint density at radius 3 is 1.16 bits per heavy atom. The fraction of sp³-hybridized carbons (Fsp3) is 0.833. The van der Waals surface area contributed by atoms with Crippen LogP contribution < -0.4 is 22.4 Å². The molecule has 4 aliphatic rings. The van der Waals surface area contributed by atoms with Gasteiger partial charge in [0.1, 0.15) is 24.4 Å². The molecule has 4 fully saturated rings. The molecule has 0 aromatic heterocycles. The third-order valence-corrected chi connectivity index (χ3v) is 8.38. The topological polar surface area (TPSA) is 191 Å². The van der Waals surface area contributed by atoms with Gasteiger partial charge in [-0.3, -0.25) is 0 Å². The van der Waals surface area contributed by atoms with Crippen LogP contribution in [0.15, 0.2) is 0 Å². The van der Waals surface area contributed by atoms with Crippen molar-refractivity contribution in [1.82, 2.24) is 11.0 Å². The molecule has 4 rings (SSSR count). The van der Waals surface area contributed by atoms with E-state index >= 15 is 0 Å². The fourth-order valence-electron chi connectivity index (χ4n) is 7.13. The number of hydrogen-bond acceptors (Lipinski definition) is 9. The summed E-state index contributed by atoms with van der Waals surface area (Å²) in [6.45, 7) is 0. The van der Waals surface area contributed by atoms with E-state index in [1.165, 1.54) is 0 Å². The molecule has 0 bridgehead atoms. The third-order valence-electron chi connectivity index (χ3n) is 8.38. The molecule has 0 heterocycles. The Morgan fingerprint density at radius 1 is 0.514 bits per heavy atom. The van der Waals surface area contributed by atoms with Gasteiger partial charge in [0.2, 0.25) is 0 Å². The van der Waals surface area contributed by atoms with E-state index in [4.69, 9.17) is 35.4 Å². The Bertz CT molecular complexity index is 773. The van der Waals surface area contributed by atoms with Gasteiger partial charge >= 0.3 is 24.4 Å². The van der Waals surface area contributed by atoms with Crippen LogP contribution in [0, 0.1) is 23.7 Å². The van der Waals surface area contributed by atoms with Gasteiger partial charge in [0.05, 0.1) is 0 Å². The van der Waals surface area contributed by atoms with Crippen molar-refractivity contribution in [2.24, 2.45) is 35.1 Å². The minimum Gasteiger partial charge on any atom is -0.446 e. The van der Waals surface area contributed by atoms with E-state index in [0.29, 0.717) is 25.7 Å². The van der Waals surface area contributed by atoms with Gasteiger partial charge in [-0.1, -0.05) is 0 Å². The first kappa shape index (κ1) is 27.1. The average molecular weight is 527 g/mol. The van der Waals surface area contributed by atoms with Crippen molar-refractivity contribution in [3.8, 4) is 0 Å². The Labute approximate surface area is 215 Å². The van der Waals surface area contributed by atoms with Crippen LogP contribution >= 0.6 is 0 Å². The highest BCUT2D eigenvalue weighted by atomic mass is 16.8. The molecule has 13 nitrogen and oxygen atoms in total. The summed E-state index contributed by atoms with van der Waals surface area (Å²) >= 11 is 0. The second kappa shape index (κ2) is 12.5. The van der Waals surface area contributed by atoms with Gasteiger partial charge in [0.15, 0.2) is 0 Å². The summed E-state index contributed by atoms with van der Waals surface area (Å²) in [6.07, 6.45) is 4.95. The Morgan fingerprint density at radius 2 is 0.838 bits per heavy atom. The van der Waals surface area contributed by atoms with E-state index in [1.54, 1.807) is 0 Å². The lowest BCUT2D eigenvalue weighted by atomic mass is 9.68. The van der Waals surface area contributed by atoms with Crippen molar-refractivity contribution in [3.05, 3.63) is 0 Å². The Kier molecular flexibility index (Phi) is 9.17. The minimum absolute atomic E-state index is 0.135. The van der Waals surface area contributed by atoms with Crippen molar-refractivity contribution in [2.75, 3.05) is 0 Å². The van der Waals surface area contributed by atoms with Crippen LogP contribution in [0.25, 0.3) is 0 Å². The smallest absolute Gasteiger partial charge is 0.433 e. The molecule has 37 heavy (non-hydrogen) atoms. The van der Waals surface area contributed by atoms with Crippen LogP contribution in [-0.2, 0) is 23.9 Å². The molecule has 4 aliphatic carbocycles. The number of rotatable bonds is 6. The number of primary amides is 2. The summed E-state index contributed by atoms with van der Waals surface area (Å²) < 4.78 is 21.8. The quantitative estimate of drug-likeness (QED) is 0.297. The van der Waals surface area contributed by atoms with Crippen LogP contribution in [0.5, 0.6) is 0 Å². The van der Waals surface area contributed by atoms with E-state index < -0.39 is 48.8 Å². The molecule has 0 radical (unpaired) electrons. The number of hydrogen-bond donors (Lipinski definition) is 4. The zero-order valence-electron chi connectivity index (χ0n) is 20.9. The maximum atomic E-state index is 12.4. The van der Waals surface area contributed by atoms with Gasteiger partial charge < -0.3 is 30.4 Å². The number of carbonyl (C=O) groups excluding carboxylic acids is 4. The third kappa shape index (κ3) is 7.08. The summed E-state index contributed by atoms with van der Waals surface area (Å²) in [5.41, 5.74) is 14.6. The fourth-order valence-corrected chi connectivity index (χ4v) is 7.13. The maximum Gasteiger partial charge on any atom is 0.433 e. The largest absolute Gasteiger partial charge is 0.446 e. The number of hydroxylamine groups is 2. The van der Waals surface area contributed by atoms with Gasteiger partial charge in [-0.15, -0.1) is 4.94 Å². The molecule has 13 heteroatoms. The number of nitrogens with two attached hydrogens (primary N) is 2. The molecule has 4 amide bonds. The second-order valence-electron chi connectivity index (χ2n) is 10.5. The number of amides is 4. The summed E-state index contributed by atoms with van der Waals surface area (Å²) in [5.74, 6) is 0.285. The number of carbonyl (C=O) groups is 4. The van der Waals surface area contributed by atoms with Crippen LogP contribution in [0.3, 0.4) is 0 Å². The molecule has 8 unspecified atom stereocenters. The molecule has 6 N–H and O–H groups in total. The van der Waals surface area contributed by atoms with Gasteiger partial charge in [-0.25, -0.2) is 19.2 Å². The molecule has 4 saturated carbocycles. The van der Waals surface area contributed by atoms with E-state index in [1.807, 2.05) is 11.0 Å². The van der Waals surface area contributed by atoms with Crippen LogP contribution in [0.4, 0.5) is 19.2 Å². The predicted octanol–water partition coefficient (Wildman–Crippen LogP) is 3.15. The van der Waals surface area contributed by atoms with Crippen molar-refractivity contribution >= 4 is 24.4 Å². The lowest BCUT2D eigenvalue weighted by Crippen LogP contribution is -2.49. The van der Waals surface area contributed by atoms with E-state index in [2.05, 4.69) is 0 Å². The number of fused-ring (bicyclic) bond motifs is 2. The highest BCUT2D eigenvalue weighted by molar-refractivity contribution is 5.68. The van der Waals surface area contributed by atoms with Crippen molar-refractivity contribution in [3.63, 3.8) is 0 Å². The molecule has 0 saturated heterocycles. The first-order valence-corrected chi connectivity index (χ1v) is 13.3. The lowest BCUT2D eigenvalue weighted by Gasteiger charge is -2.44. The van der Waals surface area contributed by atoms with Gasteiger partial charge in [-0.05, 0) is 88.9 Å². The first-order chi connectivity index (χ1) is 17.8. The molecule has 0 aromatic carbocycles. The Balaban J connectivity index is 1.24. The first-order valence-electron chi connectivity index (χ1n) is 13.3. The summed E-state index contributed by atoms with van der Waals surface area (Å²) in [4.78, 5) is 52.3. The number of nitrogens with one attached hydrogen (secondary N) is 2. The maximum absolute atomic E-state index is 12.4. The zero-order chi connectivity index (χ0) is 26.4. The summed E-state index contributed by atoms with van der Waals surface area (Å²) in [5, 5.41) is 0. The summed E-state index contributed by atoms with van der Waals surface area (Å²) in [7, 11) is 0. The molecule has 0 spiro atoms. The van der Waals surface area contributed by atoms with E-state index in [9.17, 15) is 19.2 Å². The van der Waals surface area contributed by atoms with Crippen LogP contribution in [0.1, 0.15) is 77.0 Å². The molecular weight excluding hydrogens is 488 g/mol. The van der Waals surface area contributed by atoms with Gasteiger partial charge in [-0.2, -0.15) is 11.0 Å². The van der Waals surface area contributed by atoms with Crippen LogP contribution in [0.2, 0.25) is 0 Å². The highest BCUT2D eigenvalue weighted by Gasteiger charge is 2.45. The number of ether oxygens (including phenoxy) is 4. The molecule has 8 atom stereocenters. The van der Waals surface area contributed by atoms with Crippen molar-refractivity contribution in [2.45, 2.75) is 101 Å². The average Bonchev–Trinajstić information content (AvgIpc) is 2.84. The second-order valence-corrected chi connectivity index (χ2v) is 10.5. The normalized spacial score (nSPS) is 35.0. The van der Waals surface area contributed by atoms with Crippen molar-refractivity contribution in [1.29, 1.82) is 0 Å². The molecule has 208 valence electrons. The molecule has 0 aromatic rings. The van der Waals surface area contributed by atoms with Gasteiger partial charge in [0.25, 0.3) is 0 Å². The standard InChI is InChI=1S/C24H38N4O9/c25-21(29)33-15-9-1-5-13-7-3-11-17(19(13)15)35-23(31)27-37-28-24(32)36-18-12-4-8-14-6-2-10-16(20(14)18)34-22(26)30/h13-20H,1-12H2,(H2,25,29)(H2,26,30)(H,27,31)(H,28,32). The minimum atomic E-state index is -0.880. The van der Waals surface area contributed by atoms with E-state index in [-0.39, 0.29) is 23.7 Å². The van der Waals surface area contributed by atoms with E-state index in [0.717, 1.165) is 51.4 Å². The highest BCUT2D eigenvalue weighted by Crippen LogP contribution is 2.44. The van der Waals surface area contributed by atoms with Crippen LogP contribution in [-0.4, -0.2) is 48.8 Å². The SMILES string of the molecule is NC(=O)OC1CCCC2CCCC(OC(=O)NONC(=O)OC3CCCC4CCCC(OC(N)=O)C43)C21. The summed E-state index contributed by atoms with van der Waals surface area (Å²) in [6, 6.07) is 0. The van der Waals surface area contributed by atoms with Crippen molar-refractivity contribution < 1.29 is 43.1 Å².